The number of para-hydroxylation sites is 1. The molecule has 10 aromatic rings. The number of anilines is 3. The van der Waals surface area contributed by atoms with Gasteiger partial charge in [0.05, 0.1) is 0 Å². The van der Waals surface area contributed by atoms with E-state index in [1.165, 1.54) is 77.5 Å². The lowest BCUT2D eigenvalue weighted by Gasteiger charge is -2.26. The van der Waals surface area contributed by atoms with Gasteiger partial charge in [0.25, 0.3) is 0 Å². The second kappa shape index (κ2) is 16.0. The van der Waals surface area contributed by atoms with Gasteiger partial charge in [-0.3, -0.25) is 0 Å². The van der Waals surface area contributed by atoms with Crippen molar-refractivity contribution >= 4 is 27.8 Å². The van der Waals surface area contributed by atoms with Crippen molar-refractivity contribution in [1.82, 2.24) is 0 Å². The fraction of sp³-hybridized carbons (Fsp3) is 0. The third kappa shape index (κ3) is 7.12. The summed E-state index contributed by atoms with van der Waals surface area (Å²) in [5.41, 5.74) is 17.8. The molecule has 0 heterocycles. The monoisotopic (exact) mass is 751 g/mol. The summed E-state index contributed by atoms with van der Waals surface area (Å²) in [7, 11) is 0. The minimum absolute atomic E-state index is 1.10. The van der Waals surface area contributed by atoms with Crippen molar-refractivity contribution in [3.05, 3.63) is 249 Å². The van der Waals surface area contributed by atoms with Crippen molar-refractivity contribution in [3.63, 3.8) is 0 Å². The highest BCUT2D eigenvalue weighted by molar-refractivity contribution is 6.12. The average molecular weight is 752 g/mol. The molecular formula is C58H41N. The van der Waals surface area contributed by atoms with E-state index in [1.54, 1.807) is 0 Å². The molecule has 10 rings (SSSR count). The van der Waals surface area contributed by atoms with Crippen molar-refractivity contribution in [1.29, 1.82) is 0 Å². The normalized spacial score (nSPS) is 11.1. The lowest BCUT2D eigenvalue weighted by molar-refractivity contribution is 1.28. The first kappa shape index (κ1) is 35.7. The molecule has 0 radical (unpaired) electrons. The molecule has 0 aliphatic rings. The number of nitrogens with zero attached hydrogens (tertiary/aromatic N) is 1. The third-order valence-electron chi connectivity index (χ3n) is 11.3. The molecule has 59 heavy (non-hydrogen) atoms. The van der Waals surface area contributed by atoms with Gasteiger partial charge in [0.15, 0.2) is 0 Å². The lowest BCUT2D eigenvalue weighted by Crippen LogP contribution is -2.09. The zero-order chi connectivity index (χ0) is 39.4. The van der Waals surface area contributed by atoms with Crippen molar-refractivity contribution in [2.24, 2.45) is 0 Å². The highest BCUT2D eigenvalue weighted by Crippen LogP contribution is 2.43. The summed E-state index contributed by atoms with van der Waals surface area (Å²) in [6.45, 7) is 0. The van der Waals surface area contributed by atoms with E-state index in [9.17, 15) is 0 Å². The van der Waals surface area contributed by atoms with Crippen LogP contribution in [0.2, 0.25) is 0 Å². The van der Waals surface area contributed by atoms with Crippen LogP contribution in [0.25, 0.3) is 77.5 Å². The van der Waals surface area contributed by atoms with Crippen molar-refractivity contribution in [2.75, 3.05) is 4.90 Å². The smallest absolute Gasteiger partial charge is 0.0462 e. The zero-order valence-corrected chi connectivity index (χ0v) is 32.6. The Morgan fingerprint density at radius 2 is 0.576 bits per heavy atom. The van der Waals surface area contributed by atoms with Crippen LogP contribution in [0.1, 0.15) is 0 Å². The minimum Gasteiger partial charge on any atom is -0.311 e. The molecule has 0 aliphatic heterocycles. The van der Waals surface area contributed by atoms with E-state index in [4.69, 9.17) is 0 Å². The second-order valence-corrected chi connectivity index (χ2v) is 14.9. The topological polar surface area (TPSA) is 3.24 Å². The molecule has 0 fully saturated rings. The van der Waals surface area contributed by atoms with Gasteiger partial charge in [0, 0.05) is 17.1 Å². The molecule has 0 atom stereocenters. The van der Waals surface area contributed by atoms with Gasteiger partial charge >= 0.3 is 0 Å². The Morgan fingerprint density at radius 3 is 1.19 bits per heavy atom. The third-order valence-corrected chi connectivity index (χ3v) is 11.3. The summed E-state index contributed by atoms with van der Waals surface area (Å²) in [5.74, 6) is 0. The Bertz CT molecular complexity index is 2990. The predicted octanol–water partition coefficient (Wildman–Crippen LogP) is 16.3. The predicted molar refractivity (Wildman–Crippen MR) is 251 cm³/mol. The van der Waals surface area contributed by atoms with E-state index in [1.807, 2.05) is 0 Å². The highest BCUT2D eigenvalue weighted by atomic mass is 15.1. The molecule has 0 saturated heterocycles. The summed E-state index contributed by atoms with van der Waals surface area (Å²) in [5, 5.41) is 2.51. The maximum Gasteiger partial charge on any atom is 0.0462 e. The maximum absolute atomic E-state index is 2.34. The first-order chi connectivity index (χ1) is 29.3. The van der Waals surface area contributed by atoms with Crippen LogP contribution < -0.4 is 4.90 Å². The quantitative estimate of drug-likeness (QED) is 0.142. The van der Waals surface area contributed by atoms with Gasteiger partial charge < -0.3 is 4.90 Å². The average Bonchev–Trinajstić information content (AvgIpc) is 3.33. The first-order valence-corrected chi connectivity index (χ1v) is 20.3. The van der Waals surface area contributed by atoms with Gasteiger partial charge in [-0.2, -0.15) is 0 Å². The number of benzene rings is 10. The van der Waals surface area contributed by atoms with Gasteiger partial charge in [-0.05, 0) is 120 Å². The van der Waals surface area contributed by atoms with E-state index >= 15 is 0 Å². The molecule has 0 spiro atoms. The molecule has 0 aliphatic carbocycles. The van der Waals surface area contributed by atoms with Gasteiger partial charge in [0.2, 0.25) is 0 Å². The molecule has 0 aromatic heterocycles. The van der Waals surface area contributed by atoms with Gasteiger partial charge in [-0.25, -0.2) is 0 Å². The fourth-order valence-corrected chi connectivity index (χ4v) is 8.46. The molecule has 1 heteroatoms. The van der Waals surface area contributed by atoms with Gasteiger partial charge in [0.1, 0.15) is 0 Å². The summed E-state index contributed by atoms with van der Waals surface area (Å²) < 4.78 is 0. The largest absolute Gasteiger partial charge is 0.311 e. The number of fused-ring (bicyclic) bond motifs is 1. The lowest BCUT2D eigenvalue weighted by atomic mass is 9.87. The van der Waals surface area contributed by atoms with Crippen LogP contribution in [-0.4, -0.2) is 0 Å². The maximum atomic E-state index is 2.34. The molecule has 0 unspecified atom stereocenters. The van der Waals surface area contributed by atoms with Crippen molar-refractivity contribution in [3.8, 4) is 66.8 Å². The number of hydrogen-bond donors (Lipinski definition) is 0. The minimum atomic E-state index is 1.10. The molecule has 0 amide bonds. The van der Waals surface area contributed by atoms with E-state index in [0.29, 0.717) is 0 Å². The molecule has 0 N–H and O–H groups in total. The van der Waals surface area contributed by atoms with E-state index in [2.05, 4.69) is 254 Å². The van der Waals surface area contributed by atoms with Crippen LogP contribution in [-0.2, 0) is 0 Å². The Labute approximate surface area is 346 Å². The van der Waals surface area contributed by atoms with E-state index < -0.39 is 0 Å². The highest BCUT2D eigenvalue weighted by Gasteiger charge is 2.17. The van der Waals surface area contributed by atoms with Crippen LogP contribution in [0.15, 0.2) is 249 Å². The molecule has 0 bridgehead atoms. The molecule has 1 nitrogen and oxygen atoms in total. The Hall–Kier alpha value is -7.74. The summed E-state index contributed by atoms with van der Waals surface area (Å²) in [6.07, 6.45) is 0. The molecule has 10 aromatic carbocycles. The molecular weight excluding hydrogens is 711 g/mol. The SMILES string of the molecule is c1ccc(-c2cccc(-c3ccccc3-c3ccc(N(c4ccccc4)c4ccc(-c5ccc(-c6ccccc6)c6cccc(-c7ccccc7)c56)cc4)cc3)c2)cc1. The second-order valence-electron chi connectivity index (χ2n) is 14.9. The van der Waals surface area contributed by atoms with E-state index in [0.717, 1.165) is 17.1 Å². The van der Waals surface area contributed by atoms with Gasteiger partial charge in [-0.1, -0.05) is 206 Å². The van der Waals surface area contributed by atoms with Crippen LogP contribution >= 0.6 is 0 Å². The van der Waals surface area contributed by atoms with Gasteiger partial charge in [-0.15, -0.1) is 0 Å². The molecule has 0 saturated carbocycles. The fourth-order valence-electron chi connectivity index (χ4n) is 8.46. The van der Waals surface area contributed by atoms with Crippen LogP contribution in [0.4, 0.5) is 17.1 Å². The standard InChI is InChI=1S/C58H41N/c1-5-17-42(18-6-1)47-23-15-24-48(41-47)53-28-14-13-27-52(53)45-31-35-50(36-32-45)59(49-25-11-4-12-26-49)51-37-33-46(34-38-51)56-40-39-54(43-19-7-2-8-20-43)57-30-16-29-55(58(56)57)44-21-9-3-10-22-44/h1-41H. The summed E-state index contributed by atoms with van der Waals surface area (Å²) >= 11 is 0. The van der Waals surface area contributed by atoms with Crippen molar-refractivity contribution < 1.29 is 0 Å². The Morgan fingerprint density at radius 1 is 0.203 bits per heavy atom. The van der Waals surface area contributed by atoms with E-state index in [-0.39, 0.29) is 0 Å². The summed E-state index contributed by atoms with van der Waals surface area (Å²) in [6, 6.07) is 89.7. The van der Waals surface area contributed by atoms with Crippen LogP contribution in [0.3, 0.4) is 0 Å². The zero-order valence-electron chi connectivity index (χ0n) is 32.6. The van der Waals surface area contributed by atoms with Crippen LogP contribution in [0.5, 0.6) is 0 Å². The number of hydrogen-bond acceptors (Lipinski definition) is 1. The van der Waals surface area contributed by atoms with Crippen LogP contribution in [0, 0.1) is 0 Å². The first-order valence-electron chi connectivity index (χ1n) is 20.3. The Balaban J connectivity index is 1.03. The van der Waals surface area contributed by atoms with Crippen molar-refractivity contribution in [2.45, 2.75) is 0 Å². The number of rotatable bonds is 9. The Kier molecular flexibility index (Phi) is 9.68. The summed E-state index contributed by atoms with van der Waals surface area (Å²) in [4.78, 5) is 2.34. The molecule has 278 valence electrons.